The van der Waals surface area contributed by atoms with Gasteiger partial charge in [0.15, 0.2) is 6.54 Å². The summed E-state index contributed by atoms with van der Waals surface area (Å²) in [5, 5.41) is 2.19. The van der Waals surface area contributed by atoms with Gasteiger partial charge in [-0.3, -0.25) is 9.11 Å². The van der Waals surface area contributed by atoms with Gasteiger partial charge >= 0.3 is 0 Å². The van der Waals surface area contributed by atoms with Gasteiger partial charge in [-0.1, -0.05) is 40.8 Å². The highest BCUT2D eigenvalue weighted by Crippen LogP contribution is 2.46. The normalized spacial score (nSPS) is 19.3. The molecule has 12 heteroatoms. The molecule has 1 aromatic carbocycles. The molecule has 8 nitrogen and oxygen atoms in total. The molecular weight excluding hydrogens is 589 g/mol. The van der Waals surface area contributed by atoms with Crippen LogP contribution in [0.4, 0.5) is 0 Å². The number of allylic oxidation sites excluding steroid dienone is 4. The predicted octanol–water partition coefficient (Wildman–Crippen LogP) is 5.73. The zero-order chi connectivity index (χ0) is 29.1. The van der Waals surface area contributed by atoms with E-state index in [4.69, 9.17) is 9.11 Å². The molecule has 4 rings (SSSR count). The second-order valence-electron chi connectivity index (χ2n) is 10.5. The maximum atomic E-state index is 11.2. The molecule has 0 radical (unpaired) electrons. The fourth-order valence-electron chi connectivity index (χ4n) is 4.99. The molecule has 40 heavy (non-hydrogen) atoms. The predicted molar refractivity (Wildman–Crippen MR) is 164 cm³/mol. The Bertz CT molecular complexity index is 1600. The quantitative estimate of drug-likeness (QED) is 0.175. The third-order valence-electron chi connectivity index (χ3n) is 6.92. The highest BCUT2D eigenvalue weighted by molar-refractivity contribution is 8.07. The number of aromatic nitrogens is 1. The van der Waals surface area contributed by atoms with Gasteiger partial charge in [-0.25, -0.2) is 0 Å². The van der Waals surface area contributed by atoms with Crippen molar-refractivity contribution >= 4 is 59.6 Å². The Morgan fingerprint density at radius 1 is 1.07 bits per heavy atom. The molecule has 0 spiro atoms. The summed E-state index contributed by atoms with van der Waals surface area (Å²) in [4.78, 5) is 3.64. The lowest BCUT2D eigenvalue weighted by Gasteiger charge is -2.28. The van der Waals surface area contributed by atoms with Crippen LogP contribution in [-0.2, 0) is 26.8 Å². The zero-order valence-corrected chi connectivity index (χ0v) is 26.3. The van der Waals surface area contributed by atoms with Crippen LogP contribution in [0.15, 0.2) is 57.5 Å². The van der Waals surface area contributed by atoms with Crippen molar-refractivity contribution in [2.75, 3.05) is 18.1 Å². The summed E-state index contributed by atoms with van der Waals surface area (Å²) >= 11 is 3.45. The number of nitrogens with zero attached hydrogens (tertiary/aromatic N) is 2. The SMILES string of the molecule is CC1=CCC2C(=C1)S/C(=C\C(C)=C\c1sc3cc(C)ccc3[n+]1CCCCS(=O)(=O)O)N2CCCCS(=O)(=O)O. The Labute approximate surface area is 245 Å². The van der Waals surface area contributed by atoms with Gasteiger partial charge in [0.1, 0.15) is 4.70 Å². The van der Waals surface area contributed by atoms with Gasteiger partial charge in [-0.15, -0.1) is 0 Å². The van der Waals surface area contributed by atoms with Crippen LogP contribution in [0.3, 0.4) is 0 Å². The zero-order valence-electron chi connectivity index (χ0n) is 23.0. The van der Waals surface area contributed by atoms with Gasteiger partial charge in [0.2, 0.25) is 5.52 Å². The van der Waals surface area contributed by atoms with Crippen molar-refractivity contribution in [3.8, 4) is 0 Å². The molecule has 1 aromatic heterocycles. The van der Waals surface area contributed by atoms with Crippen LogP contribution in [0.1, 0.15) is 56.5 Å². The number of benzene rings is 1. The maximum absolute atomic E-state index is 11.2. The van der Waals surface area contributed by atoms with Crippen LogP contribution in [0.5, 0.6) is 0 Å². The minimum absolute atomic E-state index is 0.228. The van der Waals surface area contributed by atoms with E-state index < -0.39 is 20.2 Å². The molecule has 2 N–H and O–H groups in total. The van der Waals surface area contributed by atoms with E-state index in [9.17, 15) is 16.8 Å². The van der Waals surface area contributed by atoms with Crippen molar-refractivity contribution < 1.29 is 30.5 Å². The number of aryl methyl sites for hydroxylation is 2. The topological polar surface area (TPSA) is 116 Å². The maximum Gasteiger partial charge on any atom is 0.264 e. The fourth-order valence-corrected chi connectivity index (χ4v) is 8.85. The van der Waals surface area contributed by atoms with E-state index in [0.717, 1.165) is 32.2 Å². The van der Waals surface area contributed by atoms with E-state index >= 15 is 0 Å². The van der Waals surface area contributed by atoms with Crippen molar-refractivity contribution in [3.05, 3.63) is 68.1 Å². The molecule has 1 atom stereocenters. The lowest BCUT2D eigenvalue weighted by Crippen LogP contribution is -2.35. The van der Waals surface area contributed by atoms with E-state index in [-0.39, 0.29) is 17.5 Å². The molecule has 0 bridgehead atoms. The largest absolute Gasteiger partial charge is 0.358 e. The second kappa shape index (κ2) is 12.9. The van der Waals surface area contributed by atoms with Crippen LogP contribution in [0.25, 0.3) is 16.3 Å². The van der Waals surface area contributed by atoms with E-state index in [1.807, 2.05) is 0 Å². The summed E-state index contributed by atoms with van der Waals surface area (Å²) in [6.45, 7) is 7.58. The summed E-state index contributed by atoms with van der Waals surface area (Å²) in [7, 11) is -7.94. The molecule has 0 saturated carbocycles. The lowest BCUT2D eigenvalue weighted by atomic mass is 10.0. The van der Waals surface area contributed by atoms with Gasteiger partial charge in [0.25, 0.3) is 25.2 Å². The van der Waals surface area contributed by atoms with Crippen molar-refractivity contribution in [3.63, 3.8) is 0 Å². The average Bonchev–Trinajstić information content (AvgIpc) is 3.34. The van der Waals surface area contributed by atoms with Crippen LogP contribution in [-0.4, -0.2) is 54.9 Å². The first-order valence-corrected chi connectivity index (χ1v) is 18.2. The minimum Gasteiger partial charge on any atom is -0.358 e. The molecule has 1 aliphatic heterocycles. The van der Waals surface area contributed by atoms with Crippen molar-refractivity contribution in [2.45, 2.75) is 65.5 Å². The number of thiazole rings is 1. The third-order valence-corrected chi connectivity index (χ3v) is 10.8. The van der Waals surface area contributed by atoms with Crippen molar-refractivity contribution in [1.29, 1.82) is 0 Å². The summed E-state index contributed by atoms with van der Waals surface area (Å²) in [6, 6.07) is 6.57. The Morgan fingerprint density at radius 2 is 1.77 bits per heavy atom. The summed E-state index contributed by atoms with van der Waals surface area (Å²) < 4.78 is 66.3. The standard InChI is InChI=1S/C28H36N2O6S4/c1-20-8-10-23-25(16-20)37-27(29(23)12-4-6-14-39(31,32)33)18-22(3)19-28-30(13-5-7-15-40(34,35)36)24-11-9-21(2)17-26(24)38-28/h8-10,16-19,24H,4-7,11-15H2,1-3H3,(H-,31,32,33,34,35,36)/p+1. The van der Waals surface area contributed by atoms with Crippen molar-refractivity contribution in [1.82, 2.24) is 4.90 Å². The van der Waals surface area contributed by atoms with Gasteiger partial charge in [0, 0.05) is 30.0 Å². The second-order valence-corrected chi connectivity index (χ2v) is 15.8. The average molecular weight is 626 g/mol. The summed E-state index contributed by atoms with van der Waals surface area (Å²) in [5.74, 6) is -0.471. The molecule has 2 heterocycles. The molecule has 0 amide bonds. The van der Waals surface area contributed by atoms with Gasteiger partial charge < -0.3 is 4.90 Å². The Morgan fingerprint density at radius 3 is 2.48 bits per heavy atom. The monoisotopic (exact) mass is 625 g/mol. The Hall–Kier alpha value is -1.96. The number of rotatable bonds is 12. The fraction of sp³-hybridized carbons (Fsp3) is 0.464. The minimum atomic E-state index is -3.97. The number of hydrogen-bond donors (Lipinski definition) is 2. The van der Waals surface area contributed by atoms with Gasteiger partial charge in [-0.05, 0) is 75.8 Å². The van der Waals surface area contributed by atoms with E-state index in [1.165, 1.54) is 16.0 Å². The van der Waals surface area contributed by atoms with Crippen molar-refractivity contribution in [2.24, 2.45) is 0 Å². The van der Waals surface area contributed by atoms with Crippen LogP contribution in [0, 0.1) is 6.92 Å². The Kier molecular flexibility index (Phi) is 10.0. The summed E-state index contributed by atoms with van der Waals surface area (Å²) in [5.41, 5.74) is 4.59. The van der Waals surface area contributed by atoms with E-state index in [2.05, 4.69) is 72.7 Å². The molecule has 2 aromatic rings. The van der Waals surface area contributed by atoms with E-state index in [1.54, 1.807) is 23.1 Å². The Balaban J connectivity index is 1.59. The first kappa shape index (κ1) is 31.0. The molecular formula is C28H37N2O6S4+. The molecule has 1 saturated heterocycles. The first-order chi connectivity index (χ1) is 18.8. The molecule has 1 unspecified atom stereocenters. The van der Waals surface area contributed by atoms with Gasteiger partial charge in [0.05, 0.1) is 22.6 Å². The van der Waals surface area contributed by atoms with Crippen LogP contribution in [0.2, 0.25) is 0 Å². The number of thioether (sulfide) groups is 1. The smallest absolute Gasteiger partial charge is 0.264 e. The molecule has 1 aliphatic carbocycles. The van der Waals surface area contributed by atoms with Gasteiger partial charge in [-0.2, -0.15) is 21.4 Å². The lowest BCUT2D eigenvalue weighted by molar-refractivity contribution is -0.669. The van der Waals surface area contributed by atoms with Crippen LogP contribution < -0.4 is 4.57 Å². The highest BCUT2D eigenvalue weighted by atomic mass is 32.2. The number of hydrogen-bond acceptors (Lipinski definition) is 7. The number of fused-ring (bicyclic) bond motifs is 2. The number of unbranched alkanes of at least 4 members (excludes halogenated alkanes) is 2. The first-order valence-electron chi connectivity index (χ1n) is 13.4. The molecule has 1 fully saturated rings. The van der Waals surface area contributed by atoms with E-state index in [0.29, 0.717) is 38.8 Å². The third kappa shape index (κ3) is 8.53. The highest BCUT2D eigenvalue weighted by Gasteiger charge is 2.34. The molecule has 218 valence electrons. The summed E-state index contributed by atoms with van der Waals surface area (Å²) in [6.07, 6.45) is 11.8. The molecule has 2 aliphatic rings. The van der Waals surface area contributed by atoms with Crippen LogP contribution >= 0.6 is 23.1 Å².